The third kappa shape index (κ3) is 4.99. The van der Waals surface area contributed by atoms with E-state index in [0.717, 1.165) is 18.4 Å². The van der Waals surface area contributed by atoms with E-state index in [1.165, 1.54) is 12.1 Å². The van der Waals surface area contributed by atoms with E-state index >= 15 is 0 Å². The quantitative estimate of drug-likeness (QED) is 0.780. The van der Waals surface area contributed by atoms with Gasteiger partial charge in [-0.05, 0) is 37.5 Å². The highest BCUT2D eigenvalue weighted by atomic mass is 35.5. The Balaban J connectivity index is 1.76. The fraction of sp³-hybridized carbons (Fsp3) is 0.429. The molecule has 1 atom stereocenters. The van der Waals surface area contributed by atoms with Gasteiger partial charge in [0.1, 0.15) is 5.82 Å². The van der Waals surface area contributed by atoms with E-state index in [2.05, 4.69) is 16.0 Å². The molecule has 0 radical (unpaired) electrons. The Kier molecular flexibility index (Phi) is 5.14. The summed E-state index contributed by atoms with van der Waals surface area (Å²) in [6.07, 6.45) is 1.92. The number of hydrogen-bond acceptors (Lipinski definition) is 3. The molecular formula is C14H17ClFN3O2. The van der Waals surface area contributed by atoms with Crippen molar-refractivity contribution in [2.24, 2.45) is 0 Å². The van der Waals surface area contributed by atoms with Gasteiger partial charge in [-0.25, -0.2) is 9.18 Å². The molecule has 0 spiro atoms. The van der Waals surface area contributed by atoms with Gasteiger partial charge in [-0.2, -0.15) is 0 Å². The summed E-state index contributed by atoms with van der Waals surface area (Å²) in [6.45, 7) is 1.80. The summed E-state index contributed by atoms with van der Waals surface area (Å²) in [5.41, 5.74) is 0.761. The zero-order valence-corrected chi connectivity index (χ0v) is 12.3. The summed E-state index contributed by atoms with van der Waals surface area (Å²) in [5, 5.41) is 7.88. The lowest BCUT2D eigenvalue weighted by atomic mass is 10.1. The normalized spacial score (nSPS) is 15.4. The van der Waals surface area contributed by atoms with Gasteiger partial charge in [-0.15, -0.1) is 0 Å². The van der Waals surface area contributed by atoms with Gasteiger partial charge in [0, 0.05) is 12.1 Å². The van der Waals surface area contributed by atoms with Crippen LogP contribution < -0.4 is 16.0 Å². The van der Waals surface area contributed by atoms with E-state index in [1.54, 1.807) is 6.07 Å². The van der Waals surface area contributed by atoms with Gasteiger partial charge in [0.25, 0.3) is 0 Å². The smallest absolute Gasteiger partial charge is 0.321 e. The SMILES string of the molecule is C[C@@H](NCC(=O)NC(=O)NC1CC1)c1ccc(F)c(Cl)c1. The molecule has 0 aromatic heterocycles. The highest BCUT2D eigenvalue weighted by Gasteiger charge is 2.23. The van der Waals surface area contributed by atoms with Crippen LogP contribution in [0.25, 0.3) is 0 Å². The summed E-state index contributed by atoms with van der Waals surface area (Å²) in [5.74, 6) is -0.907. The average Bonchev–Trinajstić information content (AvgIpc) is 3.22. The number of hydrogen-bond donors (Lipinski definition) is 3. The maximum absolute atomic E-state index is 13.1. The molecular weight excluding hydrogens is 297 g/mol. The Morgan fingerprint density at radius 3 is 2.76 bits per heavy atom. The first kappa shape index (κ1) is 15.7. The molecule has 1 saturated carbocycles. The van der Waals surface area contributed by atoms with Crippen LogP contribution in [-0.4, -0.2) is 24.5 Å². The van der Waals surface area contributed by atoms with Crippen molar-refractivity contribution in [2.45, 2.75) is 31.8 Å². The Hall–Kier alpha value is -1.66. The minimum Gasteiger partial charge on any atom is -0.335 e. The molecule has 21 heavy (non-hydrogen) atoms. The molecule has 0 bridgehead atoms. The van der Waals surface area contributed by atoms with Crippen molar-refractivity contribution in [3.8, 4) is 0 Å². The first-order chi connectivity index (χ1) is 9.95. The maximum Gasteiger partial charge on any atom is 0.321 e. The Morgan fingerprint density at radius 1 is 1.43 bits per heavy atom. The van der Waals surface area contributed by atoms with Crippen LogP contribution in [0.3, 0.4) is 0 Å². The van der Waals surface area contributed by atoms with Crippen LogP contribution in [0.1, 0.15) is 31.4 Å². The monoisotopic (exact) mass is 313 g/mol. The molecule has 3 amide bonds. The van der Waals surface area contributed by atoms with Crippen molar-refractivity contribution in [3.05, 3.63) is 34.6 Å². The molecule has 1 fully saturated rings. The third-order valence-electron chi connectivity index (χ3n) is 3.18. The summed E-state index contributed by atoms with van der Waals surface area (Å²) in [4.78, 5) is 23.0. The number of halogens is 2. The van der Waals surface area contributed by atoms with Crippen LogP contribution in [-0.2, 0) is 4.79 Å². The van der Waals surface area contributed by atoms with E-state index < -0.39 is 17.8 Å². The lowest BCUT2D eigenvalue weighted by Gasteiger charge is -2.14. The molecule has 0 aliphatic heterocycles. The molecule has 0 unspecified atom stereocenters. The van der Waals surface area contributed by atoms with Gasteiger partial charge in [0.15, 0.2) is 0 Å². The van der Waals surface area contributed by atoms with Crippen LogP contribution >= 0.6 is 11.6 Å². The standard InChI is InChI=1S/C14H17ClFN3O2/c1-8(9-2-5-12(16)11(15)6-9)17-7-13(20)19-14(21)18-10-3-4-10/h2,5-6,8,10,17H,3-4,7H2,1H3,(H2,18,19,20,21)/t8-/m1/s1. The van der Waals surface area contributed by atoms with Crippen LogP contribution in [0, 0.1) is 5.82 Å². The minimum absolute atomic E-state index is 0.0196. The third-order valence-corrected chi connectivity index (χ3v) is 3.47. The molecule has 1 aliphatic rings. The van der Waals surface area contributed by atoms with Crippen molar-refractivity contribution in [1.82, 2.24) is 16.0 Å². The van der Waals surface area contributed by atoms with E-state index in [1.807, 2.05) is 6.92 Å². The van der Waals surface area contributed by atoms with Crippen molar-refractivity contribution in [3.63, 3.8) is 0 Å². The van der Waals surface area contributed by atoms with E-state index in [4.69, 9.17) is 11.6 Å². The van der Waals surface area contributed by atoms with Crippen molar-refractivity contribution in [1.29, 1.82) is 0 Å². The van der Waals surface area contributed by atoms with Crippen LogP contribution in [0.4, 0.5) is 9.18 Å². The predicted molar refractivity (Wildman–Crippen MR) is 77.5 cm³/mol. The van der Waals surface area contributed by atoms with Crippen molar-refractivity contribution in [2.75, 3.05) is 6.54 Å². The fourth-order valence-electron chi connectivity index (χ4n) is 1.77. The number of imide groups is 1. The van der Waals surface area contributed by atoms with Crippen molar-refractivity contribution < 1.29 is 14.0 Å². The largest absolute Gasteiger partial charge is 0.335 e. The number of rotatable bonds is 5. The zero-order valence-electron chi connectivity index (χ0n) is 11.6. The Morgan fingerprint density at radius 2 is 2.14 bits per heavy atom. The Bertz CT molecular complexity index is 549. The van der Waals surface area contributed by atoms with Gasteiger partial charge < -0.3 is 10.6 Å². The lowest BCUT2D eigenvalue weighted by Crippen LogP contribution is -2.44. The summed E-state index contributed by atoms with van der Waals surface area (Å²) in [7, 11) is 0. The van der Waals surface area contributed by atoms with E-state index in [-0.39, 0.29) is 23.7 Å². The van der Waals surface area contributed by atoms with Crippen LogP contribution in [0.15, 0.2) is 18.2 Å². The maximum atomic E-state index is 13.1. The first-order valence-electron chi connectivity index (χ1n) is 6.74. The molecule has 1 aromatic carbocycles. The summed E-state index contributed by atoms with van der Waals surface area (Å²) >= 11 is 5.71. The zero-order chi connectivity index (χ0) is 15.4. The second-order valence-corrected chi connectivity index (χ2v) is 5.48. The highest BCUT2D eigenvalue weighted by molar-refractivity contribution is 6.30. The Labute approximate surface area is 127 Å². The number of urea groups is 1. The molecule has 5 nitrogen and oxygen atoms in total. The average molecular weight is 314 g/mol. The van der Waals surface area contributed by atoms with E-state index in [9.17, 15) is 14.0 Å². The number of nitrogens with one attached hydrogen (secondary N) is 3. The number of amides is 3. The second kappa shape index (κ2) is 6.87. The molecule has 1 aromatic rings. The van der Waals surface area contributed by atoms with Gasteiger partial charge in [0.05, 0.1) is 11.6 Å². The lowest BCUT2D eigenvalue weighted by molar-refractivity contribution is -0.119. The highest BCUT2D eigenvalue weighted by Crippen LogP contribution is 2.20. The first-order valence-corrected chi connectivity index (χ1v) is 7.12. The molecule has 114 valence electrons. The number of carbonyl (C=O) groups is 2. The number of carbonyl (C=O) groups excluding carboxylic acids is 2. The van der Waals surface area contributed by atoms with Gasteiger partial charge in [-0.3, -0.25) is 10.1 Å². The molecule has 3 N–H and O–H groups in total. The van der Waals surface area contributed by atoms with Crippen molar-refractivity contribution >= 4 is 23.5 Å². The van der Waals surface area contributed by atoms with Gasteiger partial charge >= 0.3 is 6.03 Å². The number of benzene rings is 1. The van der Waals surface area contributed by atoms with Crippen LogP contribution in [0.2, 0.25) is 5.02 Å². The van der Waals surface area contributed by atoms with Crippen LogP contribution in [0.5, 0.6) is 0 Å². The molecule has 2 rings (SSSR count). The topological polar surface area (TPSA) is 70.2 Å². The molecule has 7 heteroatoms. The molecule has 0 saturated heterocycles. The summed E-state index contributed by atoms with van der Waals surface area (Å²) in [6, 6.07) is 3.91. The predicted octanol–water partition coefficient (Wildman–Crippen LogP) is 2.12. The molecule has 0 heterocycles. The second-order valence-electron chi connectivity index (χ2n) is 5.07. The van der Waals surface area contributed by atoms with Gasteiger partial charge in [-0.1, -0.05) is 17.7 Å². The van der Waals surface area contributed by atoms with Gasteiger partial charge in [0.2, 0.25) is 5.91 Å². The fourth-order valence-corrected chi connectivity index (χ4v) is 1.95. The minimum atomic E-state index is -0.484. The van der Waals surface area contributed by atoms with E-state index in [0.29, 0.717) is 0 Å². The summed E-state index contributed by atoms with van der Waals surface area (Å²) < 4.78 is 13.1. The molecule has 1 aliphatic carbocycles.